The Bertz CT molecular complexity index is 264. The summed E-state index contributed by atoms with van der Waals surface area (Å²) in [6.45, 7) is 3.94. The lowest BCUT2D eigenvalue weighted by atomic mass is 10.2. The fourth-order valence-electron chi connectivity index (χ4n) is 1.87. The molecule has 1 rings (SSSR count). The van der Waals surface area contributed by atoms with Crippen molar-refractivity contribution in [3.63, 3.8) is 0 Å². The molecule has 1 unspecified atom stereocenters. The maximum absolute atomic E-state index is 12.0. The fraction of sp³-hybridized carbons (Fsp3) is 0.833. The molecule has 0 saturated carbocycles. The third kappa shape index (κ3) is 3.82. The smallest absolute Gasteiger partial charge is 0.236 e. The van der Waals surface area contributed by atoms with Crippen molar-refractivity contribution in [1.82, 2.24) is 9.80 Å². The molecular weight excluding hydrogens is 202 g/mol. The molecule has 90 valence electrons. The van der Waals surface area contributed by atoms with E-state index in [1.54, 1.807) is 4.90 Å². The Kier molecular flexibility index (Phi) is 5.27. The van der Waals surface area contributed by atoms with E-state index in [1.165, 1.54) is 12.8 Å². The number of rotatable bonds is 3. The molecule has 1 atom stereocenters. The van der Waals surface area contributed by atoms with Gasteiger partial charge in [0.25, 0.3) is 0 Å². The number of hydrogen-bond donors (Lipinski definition) is 0. The molecule has 0 spiro atoms. The van der Waals surface area contributed by atoms with Gasteiger partial charge in [0.15, 0.2) is 0 Å². The Labute approximate surface area is 97.8 Å². The molecule has 0 bridgehead atoms. The van der Waals surface area contributed by atoms with E-state index < -0.39 is 0 Å². The lowest BCUT2D eigenvalue weighted by molar-refractivity contribution is -0.132. The minimum atomic E-state index is -0.198. The van der Waals surface area contributed by atoms with E-state index >= 15 is 0 Å². The van der Waals surface area contributed by atoms with Gasteiger partial charge in [0.2, 0.25) is 5.91 Å². The van der Waals surface area contributed by atoms with Gasteiger partial charge >= 0.3 is 0 Å². The van der Waals surface area contributed by atoms with E-state index in [0.29, 0.717) is 6.54 Å². The molecule has 0 N–H and O–H groups in total. The van der Waals surface area contributed by atoms with Gasteiger partial charge in [-0.1, -0.05) is 12.8 Å². The number of carbonyl (C=O) groups is 1. The quantitative estimate of drug-likeness (QED) is 0.723. The molecule has 1 saturated heterocycles. The van der Waals surface area contributed by atoms with Crippen LogP contribution in [0.3, 0.4) is 0 Å². The molecule has 0 aromatic heterocycles. The molecule has 1 aliphatic rings. The Morgan fingerprint density at radius 1 is 1.38 bits per heavy atom. The van der Waals surface area contributed by atoms with Crippen LogP contribution in [0.4, 0.5) is 0 Å². The standard InChI is InChI=1S/C12H21N3O/c1-11(9-13)14(2)10-12(16)15-7-5-3-4-6-8-15/h11H,3-8,10H2,1-2H3. The van der Waals surface area contributed by atoms with Crippen molar-refractivity contribution in [2.45, 2.75) is 38.6 Å². The monoisotopic (exact) mass is 223 g/mol. The van der Waals surface area contributed by atoms with Crippen molar-refractivity contribution in [1.29, 1.82) is 5.26 Å². The minimum Gasteiger partial charge on any atom is -0.342 e. The molecule has 1 heterocycles. The van der Waals surface area contributed by atoms with Crippen molar-refractivity contribution < 1.29 is 4.79 Å². The predicted molar refractivity (Wildman–Crippen MR) is 62.8 cm³/mol. The summed E-state index contributed by atoms with van der Waals surface area (Å²) < 4.78 is 0. The molecule has 4 heteroatoms. The molecule has 1 fully saturated rings. The number of nitriles is 1. The summed E-state index contributed by atoms with van der Waals surface area (Å²) in [5.41, 5.74) is 0. The second-order valence-corrected chi connectivity index (χ2v) is 4.52. The zero-order chi connectivity index (χ0) is 12.0. The van der Waals surface area contributed by atoms with Crippen LogP contribution in [0.2, 0.25) is 0 Å². The van der Waals surface area contributed by atoms with Crippen LogP contribution in [0, 0.1) is 11.3 Å². The highest BCUT2D eigenvalue weighted by Crippen LogP contribution is 2.10. The fourth-order valence-corrected chi connectivity index (χ4v) is 1.87. The van der Waals surface area contributed by atoms with Crippen molar-refractivity contribution in [3.05, 3.63) is 0 Å². The first kappa shape index (κ1) is 13.0. The van der Waals surface area contributed by atoms with E-state index in [-0.39, 0.29) is 11.9 Å². The minimum absolute atomic E-state index is 0.159. The molecule has 0 aromatic carbocycles. The van der Waals surface area contributed by atoms with E-state index in [2.05, 4.69) is 6.07 Å². The van der Waals surface area contributed by atoms with E-state index in [1.807, 2.05) is 18.9 Å². The van der Waals surface area contributed by atoms with Gasteiger partial charge < -0.3 is 4.90 Å². The normalized spacial score (nSPS) is 19.0. The van der Waals surface area contributed by atoms with Crippen LogP contribution in [-0.4, -0.2) is 48.4 Å². The van der Waals surface area contributed by atoms with Gasteiger partial charge in [-0.3, -0.25) is 9.69 Å². The van der Waals surface area contributed by atoms with Crippen molar-refractivity contribution in [2.75, 3.05) is 26.7 Å². The van der Waals surface area contributed by atoms with Gasteiger partial charge in [-0.2, -0.15) is 5.26 Å². The Hall–Kier alpha value is -1.08. The largest absolute Gasteiger partial charge is 0.342 e. The lowest BCUT2D eigenvalue weighted by Crippen LogP contribution is -2.42. The molecule has 1 amide bonds. The topological polar surface area (TPSA) is 47.3 Å². The van der Waals surface area contributed by atoms with Crippen molar-refractivity contribution in [3.8, 4) is 6.07 Å². The zero-order valence-corrected chi connectivity index (χ0v) is 10.3. The molecule has 4 nitrogen and oxygen atoms in total. The van der Waals surface area contributed by atoms with Gasteiger partial charge in [-0.25, -0.2) is 0 Å². The summed E-state index contributed by atoms with van der Waals surface area (Å²) in [5, 5.41) is 8.76. The van der Waals surface area contributed by atoms with Crippen molar-refractivity contribution in [2.24, 2.45) is 0 Å². The third-order valence-corrected chi connectivity index (χ3v) is 3.19. The van der Waals surface area contributed by atoms with Gasteiger partial charge in [-0.05, 0) is 26.8 Å². The number of likely N-dealkylation sites (tertiary alicyclic amines) is 1. The first-order valence-electron chi connectivity index (χ1n) is 6.03. The van der Waals surface area contributed by atoms with Crippen molar-refractivity contribution >= 4 is 5.91 Å². The number of amides is 1. The van der Waals surface area contributed by atoms with E-state index in [4.69, 9.17) is 5.26 Å². The number of likely N-dealkylation sites (N-methyl/N-ethyl adjacent to an activating group) is 1. The second-order valence-electron chi connectivity index (χ2n) is 4.52. The number of carbonyl (C=O) groups excluding carboxylic acids is 1. The molecule has 0 radical (unpaired) electrons. The van der Waals surface area contributed by atoms with Crippen LogP contribution >= 0.6 is 0 Å². The Morgan fingerprint density at radius 2 is 1.94 bits per heavy atom. The molecule has 1 aliphatic heterocycles. The number of hydrogen-bond acceptors (Lipinski definition) is 3. The van der Waals surface area contributed by atoms with Gasteiger partial charge in [0.05, 0.1) is 18.7 Å². The van der Waals surface area contributed by atoms with Gasteiger partial charge in [0, 0.05) is 13.1 Å². The summed E-state index contributed by atoms with van der Waals surface area (Å²) in [6, 6.07) is 1.94. The lowest BCUT2D eigenvalue weighted by Gasteiger charge is -2.25. The second kappa shape index (κ2) is 6.49. The highest BCUT2D eigenvalue weighted by molar-refractivity contribution is 5.78. The van der Waals surface area contributed by atoms with Crippen LogP contribution in [0.5, 0.6) is 0 Å². The maximum Gasteiger partial charge on any atom is 0.236 e. The molecule has 0 aliphatic carbocycles. The Morgan fingerprint density at radius 3 is 2.44 bits per heavy atom. The Balaban J connectivity index is 2.41. The average Bonchev–Trinajstić information content (AvgIpc) is 2.56. The highest BCUT2D eigenvalue weighted by Gasteiger charge is 2.18. The van der Waals surface area contributed by atoms with Gasteiger partial charge in [0.1, 0.15) is 0 Å². The first-order chi connectivity index (χ1) is 7.65. The van der Waals surface area contributed by atoms with Crippen LogP contribution in [0.25, 0.3) is 0 Å². The first-order valence-corrected chi connectivity index (χ1v) is 6.03. The number of nitrogens with zero attached hydrogens (tertiary/aromatic N) is 3. The highest BCUT2D eigenvalue weighted by atomic mass is 16.2. The molecular formula is C12H21N3O. The predicted octanol–water partition coefficient (Wildman–Crippen LogP) is 1.23. The van der Waals surface area contributed by atoms with Crippen LogP contribution in [0.1, 0.15) is 32.6 Å². The van der Waals surface area contributed by atoms with Crippen LogP contribution < -0.4 is 0 Å². The van der Waals surface area contributed by atoms with E-state index in [9.17, 15) is 4.79 Å². The summed E-state index contributed by atoms with van der Waals surface area (Å²) in [6.07, 6.45) is 4.69. The summed E-state index contributed by atoms with van der Waals surface area (Å²) in [4.78, 5) is 15.7. The van der Waals surface area contributed by atoms with Crippen LogP contribution in [0.15, 0.2) is 0 Å². The maximum atomic E-state index is 12.0. The zero-order valence-electron chi connectivity index (χ0n) is 10.3. The van der Waals surface area contributed by atoms with Gasteiger partial charge in [-0.15, -0.1) is 0 Å². The summed E-state index contributed by atoms with van der Waals surface area (Å²) in [5.74, 6) is 0.159. The molecule has 0 aromatic rings. The summed E-state index contributed by atoms with van der Waals surface area (Å²) >= 11 is 0. The average molecular weight is 223 g/mol. The SMILES string of the molecule is CC(C#N)N(C)CC(=O)N1CCCCCC1. The summed E-state index contributed by atoms with van der Waals surface area (Å²) in [7, 11) is 1.82. The van der Waals surface area contributed by atoms with Crippen LogP contribution in [-0.2, 0) is 4.79 Å². The molecule has 16 heavy (non-hydrogen) atoms. The third-order valence-electron chi connectivity index (χ3n) is 3.19. The van der Waals surface area contributed by atoms with E-state index in [0.717, 1.165) is 25.9 Å².